The number of nitrogens with one attached hydrogen (secondary N) is 1. The molecule has 7 rings (SSSR count). The van der Waals surface area contributed by atoms with Crippen LogP contribution in [0.2, 0.25) is 0 Å². The van der Waals surface area contributed by atoms with Crippen LogP contribution in [0.5, 0.6) is 5.75 Å². The Hall–Kier alpha value is -5.64. The van der Waals surface area contributed by atoms with E-state index in [-0.39, 0.29) is 19.1 Å². The van der Waals surface area contributed by atoms with E-state index in [0.29, 0.717) is 18.5 Å². The number of aliphatic hydroxyl groups is 2. The van der Waals surface area contributed by atoms with Gasteiger partial charge in [0.15, 0.2) is 0 Å². The second-order valence-electron chi connectivity index (χ2n) is 13.0. The highest BCUT2D eigenvalue weighted by atomic mass is 16.5. The standard InChI is InChI=1S/C41H41N5O4/c1-50-33-17-9-15-31(24-33)38-34-21-30(18-19-35(34)43-44-38)26-46-37(23-28-12-6-3-7-13-28)40(48)39(47)36(22-27-10-4-2-5-11-27)45(41(46)49)25-29-14-8-16-32(42)20-29/h2-21,24,36-37,39-40,47-48H,22-23,25-26,42H2,1H3,(H,43,44)/t36-,37-,39+,40+/m1/s1. The van der Waals surface area contributed by atoms with Gasteiger partial charge in [-0.15, -0.1) is 0 Å². The number of nitrogen functional groups attached to an aromatic ring is 1. The molecule has 1 aliphatic rings. The SMILES string of the molecule is COc1cccc(-c2n[nH]c3ccc(CN4C(=O)N(Cc5cccc(N)c5)[C@H](Cc5ccccc5)[C@H](O)[C@@H](O)[C@H]4Cc4ccccc4)cc23)c1. The summed E-state index contributed by atoms with van der Waals surface area (Å²) in [5.41, 5.74) is 12.9. The number of hydrogen-bond acceptors (Lipinski definition) is 6. The quantitative estimate of drug-likeness (QED) is 0.129. The maximum absolute atomic E-state index is 15.1. The van der Waals surface area contributed by atoms with Gasteiger partial charge in [0.05, 0.1) is 24.7 Å². The smallest absolute Gasteiger partial charge is 0.321 e. The number of carbonyl (C=O) groups excluding carboxylic acids is 1. The molecular formula is C41H41N5O4. The van der Waals surface area contributed by atoms with E-state index in [4.69, 9.17) is 10.5 Å². The monoisotopic (exact) mass is 667 g/mol. The largest absolute Gasteiger partial charge is 0.497 e. The van der Waals surface area contributed by atoms with E-state index in [1.54, 1.807) is 16.9 Å². The van der Waals surface area contributed by atoms with Gasteiger partial charge in [0.2, 0.25) is 0 Å². The fourth-order valence-electron chi connectivity index (χ4n) is 7.05. The Kier molecular flexibility index (Phi) is 9.51. The molecule has 9 heteroatoms. The van der Waals surface area contributed by atoms with E-state index < -0.39 is 24.3 Å². The van der Waals surface area contributed by atoms with Gasteiger partial charge in [-0.3, -0.25) is 5.10 Å². The molecular weight excluding hydrogens is 626 g/mol. The van der Waals surface area contributed by atoms with Crippen LogP contribution in [0.1, 0.15) is 22.3 Å². The number of fused-ring (bicyclic) bond motifs is 1. The van der Waals surface area contributed by atoms with Gasteiger partial charge in [0.1, 0.15) is 23.7 Å². The van der Waals surface area contributed by atoms with Gasteiger partial charge in [0.25, 0.3) is 0 Å². The Labute approximate surface area is 291 Å². The lowest BCUT2D eigenvalue weighted by molar-refractivity contribution is -0.0408. The minimum Gasteiger partial charge on any atom is -0.497 e. The maximum Gasteiger partial charge on any atom is 0.321 e. The number of benzene rings is 5. The van der Waals surface area contributed by atoms with Crippen molar-refractivity contribution < 1.29 is 19.7 Å². The van der Waals surface area contributed by atoms with E-state index >= 15 is 4.79 Å². The number of aliphatic hydroxyl groups excluding tert-OH is 2. The highest BCUT2D eigenvalue weighted by Crippen LogP contribution is 2.33. The Morgan fingerprint density at radius 3 is 1.88 bits per heavy atom. The third kappa shape index (κ3) is 6.92. The van der Waals surface area contributed by atoms with E-state index in [1.807, 2.05) is 127 Å². The van der Waals surface area contributed by atoms with Crippen molar-refractivity contribution in [1.82, 2.24) is 20.0 Å². The summed E-state index contributed by atoms with van der Waals surface area (Å²) < 4.78 is 5.46. The van der Waals surface area contributed by atoms with Gasteiger partial charge in [0, 0.05) is 29.7 Å². The van der Waals surface area contributed by atoms with Crippen molar-refractivity contribution in [2.45, 2.75) is 50.2 Å². The van der Waals surface area contributed by atoms with Gasteiger partial charge < -0.3 is 30.5 Å². The molecule has 1 aliphatic heterocycles. The van der Waals surface area contributed by atoms with E-state index in [9.17, 15) is 10.2 Å². The molecule has 4 atom stereocenters. The summed E-state index contributed by atoms with van der Waals surface area (Å²) in [7, 11) is 1.63. The normalized spacial score (nSPS) is 19.5. The zero-order valence-corrected chi connectivity index (χ0v) is 27.9. The van der Waals surface area contributed by atoms with Crippen LogP contribution in [0.3, 0.4) is 0 Å². The number of methoxy groups -OCH3 is 1. The van der Waals surface area contributed by atoms with E-state index in [1.165, 1.54) is 0 Å². The predicted octanol–water partition coefficient (Wildman–Crippen LogP) is 6.20. The van der Waals surface area contributed by atoms with Crippen molar-refractivity contribution in [3.63, 3.8) is 0 Å². The van der Waals surface area contributed by atoms with Crippen LogP contribution in [0, 0.1) is 0 Å². The first-order chi connectivity index (χ1) is 24.4. The Balaban J connectivity index is 1.31. The molecule has 0 unspecified atom stereocenters. The lowest BCUT2D eigenvalue weighted by Gasteiger charge is -2.36. The van der Waals surface area contributed by atoms with Crippen molar-refractivity contribution in [3.8, 4) is 17.0 Å². The van der Waals surface area contributed by atoms with Crippen molar-refractivity contribution in [2.75, 3.05) is 12.8 Å². The highest BCUT2D eigenvalue weighted by molar-refractivity contribution is 5.93. The molecule has 2 amide bonds. The predicted molar refractivity (Wildman–Crippen MR) is 195 cm³/mol. The Bertz CT molecular complexity index is 2070. The van der Waals surface area contributed by atoms with Crippen molar-refractivity contribution >= 4 is 22.6 Å². The first-order valence-corrected chi connectivity index (χ1v) is 16.8. The molecule has 5 N–H and O–H groups in total. The third-order valence-electron chi connectivity index (χ3n) is 9.63. The molecule has 1 aromatic heterocycles. The highest BCUT2D eigenvalue weighted by Gasteiger charge is 2.46. The summed E-state index contributed by atoms with van der Waals surface area (Å²) in [6.07, 6.45) is -1.74. The topological polar surface area (TPSA) is 128 Å². The number of nitrogens with zero attached hydrogens (tertiary/aromatic N) is 3. The molecule has 0 radical (unpaired) electrons. The summed E-state index contributed by atoms with van der Waals surface area (Å²) in [5, 5.41) is 32.8. The molecule has 50 heavy (non-hydrogen) atoms. The number of carbonyl (C=O) groups is 1. The summed E-state index contributed by atoms with van der Waals surface area (Å²) in [5.74, 6) is 0.728. The number of amides is 2. The van der Waals surface area contributed by atoms with Crippen molar-refractivity contribution in [3.05, 3.63) is 150 Å². The summed E-state index contributed by atoms with van der Waals surface area (Å²) >= 11 is 0. The number of nitrogens with two attached hydrogens (primary N) is 1. The van der Waals surface area contributed by atoms with Crippen LogP contribution in [0.15, 0.2) is 127 Å². The van der Waals surface area contributed by atoms with E-state index in [0.717, 1.165) is 50.2 Å². The van der Waals surface area contributed by atoms with Crippen LogP contribution in [0.25, 0.3) is 22.2 Å². The molecule has 9 nitrogen and oxygen atoms in total. The zero-order chi connectivity index (χ0) is 34.6. The summed E-state index contributed by atoms with van der Waals surface area (Å²) in [4.78, 5) is 18.5. The minimum absolute atomic E-state index is 0.199. The van der Waals surface area contributed by atoms with Crippen LogP contribution in [0.4, 0.5) is 10.5 Å². The van der Waals surface area contributed by atoms with Crippen LogP contribution in [-0.4, -0.2) is 67.6 Å². The lowest BCUT2D eigenvalue weighted by atomic mass is 9.91. The molecule has 254 valence electrons. The fraction of sp³-hybridized carbons (Fsp3) is 0.220. The molecule has 0 saturated carbocycles. The van der Waals surface area contributed by atoms with Gasteiger partial charge in [-0.2, -0.15) is 5.10 Å². The van der Waals surface area contributed by atoms with Gasteiger partial charge in [-0.1, -0.05) is 91.0 Å². The maximum atomic E-state index is 15.1. The van der Waals surface area contributed by atoms with Crippen LogP contribution in [-0.2, 0) is 25.9 Å². The Morgan fingerprint density at radius 1 is 0.700 bits per heavy atom. The molecule has 2 heterocycles. The molecule has 5 aromatic carbocycles. The molecule has 1 saturated heterocycles. The molecule has 6 aromatic rings. The summed E-state index contributed by atoms with van der Waals surface area (Å²) in [6, 6.07) is 39.0. The molecule has 0 bridgehead atoms. The number of H-pyrrole nitrogens is 1. The van der Waals surface area contributed by atoms with Gasteiger partial charge in [-0.05, 0) is 71.5 Å². The second kappa shape index (κ2) is 14.5. The lowest BCUT2D eigenvalue weighted by Crippen LogP contribution is -2.50. The van der Waals surface area contributed by atoms with Crippen LogP contribution < -0.4 is 10.5 Å². The number of aromatic nitrogens is 2. The first kappa shape index (κ1) is 32.9. The number of aromatic amines is 1. The van der Waals surface area contributed by atoms with Crippen molar-refractivity contribution in [1.29, 1.82) is 0 Å². The number of urea groups is 1. The minimum atomic E-state index is -1.23. The second-order valence-corrected chi connectivity index (χ2v) is 13.0. The summed E-state index contributed by atoms with van der Waals surface area (Å²) in [6.45, 7) is 0.407. The zero-order valence-electron chi connectivity index (χ0n) is 27.9. The van der Waals surface area contributed by atoms with Gasteiger partial charge in [-0.25, -0.2) is 4.79 Å². The number of hydrogen-bond donors (Lipinski definition) is 4. The fourth-order valence-corrected chi connectivity index (χ4v) is 7.05. The van der Waals surface area contributed by atoms with E-state index in [2.05, 4.69) is 10.2 Å². The molecule has 1 fully saturated rings. The third-order valence-corrected chi connectivity index (χ3v) is 9.63. The number of rotatable bonds is 10. The first-order valence-electron chi connectivity index (χ1n) is 16.8. The van der Waals surface area contributed by atoms with Gasteiger partial charge >= 0.3 is 6.03 Å². The average Bonchev–Trinajstić information content (AvgIpc) is 3.56. The van der Waals surface area contributed by atoms with Crippen molar-refractivity contribution in [2.24, 2.45) is 0 Å². The Morgan fingerprint density at radius 2 is 1.28 bits per heavy atom. The molecule has 0 aliphatic carbocycles. The number of anilines is 1. The average molecular weight is 668 g/mol. The van der Waals surface area contributed by atoms with Crippen LogP contribution >= 0.6 is 0 Å². The number of ether oxygens (including phenoxy) is 1. The molecule has 0 spiro atoms.